The maximum atomic E-state index is 6.29. The zero-order valence-electron chi connectivity index (χ0n) is 13.1. The number of hydrogen-bond donors (Lipinski definition) is 1. The number of hydrogen-bond acceptors (Lipinski definition) is 3. The summed E-state index contributed by atoms with van der Waals surface area (Å²) in [5, 5.41) is 4.21. The highest BCUT2D eigenvalue weighted by atomic mass is 35.5. The average molecular weight is 308 g/mol. The van der Waals surface area contributed by atoms with Gasteiger partial charge in [-0.2, -0.15) is 0 Å². The molecule has 1 saturated heterocycles. The molecule has 21 heavy (non-hydrogen) atoms. The van der Waals surface area contributed by atoms with Crippen molar-refractivity contribution in [1.82, 2.24) is 10.3 Å². The van der Waals surface area contributed by atoms with Crippen LogP contribution in [-0.4, -0.2) is 24.6 Å². The molecule has 1 aliphatic carbocycles. The molecular weight excluding hydrogens is 282 g/mol. The number of anilines is 1. The minimum absolute atomic E-state index is 0.643. The van der Waals surface area contributed by atoms with E-state index in [4.69, 9.17) is 16.6 Å². The van der Waals surface area contributed by atoms with Crippen molar-refractivity contribution >= 4 is 17.4 Å². The van der Waals surface area contributed by atoms with Crippen LogP contribution in [0.4, 0.5) is 5.82 Å². The van der Waals surface area contributed by atoms with E-state index in [0.29, 0.717) is 5.92 Å². The highest BCUT2D eigenvalue weighted by Crippen LogP contribution is 2.39. The van der Waals surface area contributed by atoms with Crippen LogP contribution in [0, 0.1) is 17.8 Å². The molecule has 4 heteroatoms. The van der Waals surface area contributed by atoms with Crippen LogP contribution in [0.5, 0.6) is 0 Å². The Bertz CT molecular complexity index is 477. The molecule has 1 saturated carbocycles. The van der Waals surface area contributed by atoms with Gasteiger partial charge in [0.1, 0.15) is 5.82 Å². The fourth-order valence-corrected chi connectivity index (χ4v) is 3.85. The molecule has 2 fully saturated rings. The first-order chi connectivity index (χ1) is 10.1. The van der Waals surface area contributed by atoms with Crippen LogP contribution in [0.3, 0.4) is 0 Å². The minimum Gasteiger partial charge on any atom is -0.356 e. The molecule has 3 rings (SSSR count). The van der Waals surface area contributed by atoms with E-state index in [-0.39, 0.29) is 0 Å². The zero-order valence-corrected chi connectivity index (χ0v) is 13.9. The van der Waals surface area contributed by atoms with E-state index in [1.54, 1.807) is 0 Å². The van der Waals surface area contributed by atoms with E-state index in [9.17, 15) is 0 Å². The lowest BCUT2D eigenvalue weighted by Crippen LogP contribution is -2.24. The Morgan fingerprint density at radius 3 is 2.67 bits per heavy atom. The molecular formula is C17H26ClN3. The number of fused-ring (bicyclic) bond motifs is 1. The summed E-state index contributed by atoms with van der Waals surface area (Å²) in [5.74, 6) is 3.54. The van der Waals surface area contributed by atoms with Crippen molar-refractivity contribution in [2.45, 2.75) is 39.7 Å². The number of nitrogens with one attached hydrogen (secondary N) is 1. The van der Waals surface area contributed by atoms with Crippen LogP contribution >= 0.6 is 11.6 Å². The predicted octanol–water partition coefficient (Wildman–Crippen LogP) is 3.72. The molecule has 1 aliphatic heterocycles. The maximum absolute atomic E-state index is 6.29. The summed E-state index contributed by atoms with van der Waals surface area (Å²) in [5.41, 5.74) is 0.979. The third-order valence-electron chi connectivity index (χ3n) is 4.80. The third kappa shape index (κ3) is 3.51. The Hall–Kier alpha value is -0.800. The fraction of sp³-hybridized carbons (Fsp3) is 0.706. The van der Waals surface area contributed by atoms with Gasteiger partial charge in [-0.3, -0.25) is 0 Å². The summed E-state index contributed by atoms with van der Waals surface area (Å²) < 4.78 is 0. The quantitative estimate of drug-likeness (QED) is 0.898. The van der Waals surface area contributed by atoms with Crippen molar-refractivity contribution in [1.29, 1.82) is 0 Å². The second kappa shape index (κ2) is 6.53. The molecule has 116 valence electrons. The van der Waals surface area contributed by atoms with E-state index in [0.717, 1.165) is 41.5 Å². The highest BCUT2D eigenvalue weighted by molar-refractivity contribution is 6.31. The van der Waals surface area contributed by atoms with Crippen molar-refractivity contribution < 1.29 is 0 Å². The van der Waals surface area contributed by atoms with Gasteiger partial charge in [-0.25, -0.2) is 4.98 Å². The van der Waals surface area contributed by atoms with Gasteiger partial charge < -0.3 is 10.2 Å². The van der Waals surface area contributed by atoms with Gasteiger partial charge in [0.15, 0.2) is 0 Å². The first-order valence-corrected chi connectivity index (χ1v) is 8.62. The molecule has 2 heterocycles. The van der Waals surface area contributed by atoms with Crippen molar-refractivity contribution in [2.24, 2.45) is 17.8 Å². The summed E-state index contributed by atoms with van der Waals surface area (Å²) in [7, 11) is 0. The zero-order chi connectivity index (χ0) is 14.8. The number of rotatable bonds is 5. The molecule has 0 aromatic carbocycles. The standard InChI is InChI=1S/C17H26ClN3/c1-12(2)8-19-9-16-15(18)6-7-17(20-16)21-10-13-4-3-5-14(13)11-21/h6-7,12-14,19H,3-5,8-11H2,1-2H3. The van der Waals surface area contributed by atoms with Crippen LogP contribution < -0.4 is 10.2 Å². The summed E-state index contributed by atoms with van der Waals surface area (Å²) in [4.78, 5) is 7.27. The summed E-state index contributed by atoms with van der Waals surface area (Å²) in [6.45, 7) is 8.53. The monoisotopic (exact) mass is 307 g/mol. The third-order valence-corrected chi connectivity index (χ3v) is 5.14. The molecule has 1 aromatic rings. The summed E-state index contributed by atoms with van der Waals surface area (Å²) in [6.07, 6.45) is 4.22. The molecule has 0 spiro atoms. The van der Waals surface area contributed by atoms with Gasteiger partial charge in [0.05, 0.1) is 10.7 Å². The second-order valence-electron chi connectivity index (χ2n) is 6.98. The summed E-state index contributed by atoms with van der Waals surface area (Å²) >= 11 is 6.29. The van der Waals surface area contributed by atoms with Crippen LogP contribution in [0.2, 0.25) is 5.02 Å². The molecule has 3 nitrogen and oxygen atoms in total. The first kappa shape index (κ1) is 15.1. The molecule has 1 aromatic heterocycles. The Labute approximate surface area is 133 Å². The topological polar surface area (TPSA) is 28.2 Å². The minimum atomic E-state index is 0.643. The number of aromatic nitrogens is 1. The van der Waals surface area contributed by atoms with Gasteiger partial charge >= 0.3 is 0 Å². The van der Waals surface area contributed by atoms with Crippen LogP contribution in [-0.2, 0) is 6.54 Å². The number of halogens is 1. The van der Waals surface area contributed by atoms with E-state index in [1.165, 1.54) is 32.4 Å². The van der Waals surface area contributed by atoms with Gasteiger partial charge in [0.2, 0.25) is 0 Å². The fourth-order valence-electron chi connectivity index (χ4n) is 3.67. The molecule has 2 aliphatic rings. The van der Waals surface area contributed by atoms with E-state index >= 15 is 0 Å². The number of pyridine rings is 1. The van der Waals surface area contributed by atoms with Gasteiger partial charge in [-0.1, -0.05) is 31.9 Å². The molecule has 0 amide bonds. The van der Waals surface area contributed by atoms with E-state index < -0.39 is 0 Å². The summed E-state index contributed by atoms with van der Waals surface area (Å²) in [6, 6.07) is 4.08. The largest absolute Gasteiger partial charge is 0.356 e. The maximum Gasteiger partial charge on any atom is 0.128 e. The van der Waals surface area contributed by atoms with Gasteiger partial charge in [-0.15, -0.1) is 0 Å². The Morgan fingerprint density at radius 1 is 1.29 bits per heavy atom. The van der Waals surface area contributed by atoms with Crippen LogP contribution in [0.25, 0.3) is 0 Å². The first-order valence-electron chi connectivity index (χ1n) is 8.24. The Kier molecular flexibility index (Phi) is 4.70. The number of nitrogens with zero attached hydrogens (tertiary/aromatic N) is 2. The second-order valence-corrected chi connectivity index (χ2v) is 7.39. The van der Waals surface area contributed by atoms with Crippen molar-refractivity contribution in [3.63, 3.8) is 0 Å². The molecule has 1 N–H and O–H groups in total. The average Bonchev–Trinajstić information content (AvgIpc) is 3.01. The van der Waals surface area contributed by atoms with Gasteiger partial charge in [0, 0.05) is 19.6 Å². The normalized spacial score (nSPS) is 24.9. The van der Waals surface area contributed by atoms with Gasteiger partial charge in [0.25, 0.3) is 0 Å². The van der Waals surface area contributed by atoms with Crippen molar-refractivity contribution in [3.05, 3.63) is 22.8 Å². The molecule has 0 bridgehead atoms. The lowest BCUT2D eigenvalue weighted by molar-refractivity contribution is 0.494. The van der Waals surface area contributed by atoms with E-state index in [2.05, 4.69) is 30.1 Å². The molecule has 2 atom stereocenters. The van der Waals surface area contributed by atoms with Gasteiger partial charge in [-0.05, 0) is 49.3 Å². The molecule has 2 unspecified atom stereocenters. The van der Waals surface area contributed by atoms with Crippen molar-refractivity contribution in [2.75, 3.05) is 24.5 Å². The van der Waals surface area contributed by atoms with E-state index in [1.807, 2.05) is 6.07 Å². The predicted molar refractivity (Wildman–Crippen MR) is 88.8 cm³/mol. The SMILES string of the molecule is CC(C)CNCc1nc(N2CC3CCCC3C2)ccc1Cl. The molecule has 0 radical (unpaired) electrons. The lowest BCUT2D eigenvalue weighted by Gasteiger charge is -2.19. The van der Waals surface area contributed by atoms with Crippen LogP contribution in [0.15, 0.2) is 12.1 Å². The van der Waals surface area contributed by atoms with Crippen LogP contribution in [0.1, 0.15) is 38.8 Å². The smallest absolute Gasteiger partial charge is 0.128 e. The van der Waals surface area contributed by atoms with Crippen molar-refractivity contribution in [3.8, 4) is 0 Å². The Balaban J connectivity index is 1.66. The Morgan fingerprint density at radius 2 is 2.00 bits per heavy atom. The highest BCUT2D eigenvalue weighted by Gasteiger charge is 2.36. The lowest BCUT2D eigenvalue weighted by atomic mass is 10.0.